The summed E-state index contributed by atoms with van der Waals surface area (Å²) in [7, 11) is 1.50. The van der Waals surface area contributed by atoms with Gasteiger partial charge in [0.2, 0.25) is 17.7 Å². The number of carbonyl (C=O) groups is 3. The summed E-state index contributed by atoms with van der Waals surface area (Å²) in [6.07, 6.45) is 3.09. The van der Waals surface area contributed by atoms with Crippen molar-refractivity contribution in [1.82, 2.24) is 15.2 Å². The number of aromatic nitrogens is 1. The molecule has 1 atom stereocenters. The lowest BCUT2D eigenvalue weighted by molar-refractivity contribution is -0.138. The lowest BCUT2D eigenvalue weighted by atomic mass is 9.86. The number of methoxy groups -OCH3 is 1. The number of nitrogens with zero attached hydrogens (tertiary/aromatic N) is 2. The summed E-state index contributed by atoms with van der Waals surface area (Å²) >= 11 is 0. The molecule has 0 radical (unpaired) electrons. The van der Waals surface area contributed by atoms with Gasteiger partial charge in [-0.15, -0.1) is 0 Å². The van der Waals surface area contributed by atoms with Crippen molar-refractivity contribution in [2.75, 3.05) is 7.11 Å². The molecule has 0 aliphatic carbocycles. The third-order valence-corrected chi connectivity index (χ3v) is 5.77. The van der Waals surface area contributed by atoms with Crippen LogP contribution < -0.4 is 10.1 Å². The molecule has 0 saturated heterocycles. The van der Waals surface area contributed by atoms with Crippen LogP contribution in [0, 0.1) is 17.6 Å². The third-order valence-electron chi connectivity index (χ3n) is 5.77. The molecule has 0 spiro atoms. The molecule has 9 heteroatoms. The molecule has 2 aliphatic heterocycles. The first-order chi connectivity index (χ1) is 15.8. The molecule has 1 aromatic heterocycles. The highest BCUT2D eigenvalue weighted by Crippen LogP contribution is 2.36. The van der Waals surface area contributed by atoms with Gasteiger partial charge in [-0.3, -0.25) is 19.3 Å². The summed E-state index contributed by atoms with van der Waals surface area (Å²) in [6, 6.07) is 6.74. The zero-order chi connectivity index (χ0) is 23.7. The summed E-state index contributed by atoms with van der Waals surface area (Å²) in [5.74, 6) is -3.91. The predicted octanol–water partition coefficient (Wildman–Crippen LogP) is 2.82. The van der Waals surface area contributed by atoms with E-state index in [-0.39, 0.29) is 31.1 Å². The van der Waals surface area contributed by atoms with Crippen LogP contribution in [-0.4, -0.2) is 34.6 Å². The normalized spacial score (nSPS) is 17.8. The van der Waals surface area contributed by atoms with Gasteiger partial charge >= 0.3 is 0 Å². The molecule has 2 amide bonds. The van der Waals surface area contributed by atoms with Gasteiger partial charge in [-0.05, 0) is 42.7 Å². The molecule has 170 valence electrons. The number of fused-ring (bicyclic) bond motifs is 1. The van der Waals surface area contributed by atoms with Crippen LogP contribution >= 0.6 is 0 Å². The van der Waals surface area contributed by atoms with Gasteiger partial charge in [0.15, 0.2) is 17.4 Å². The minimum atomic E-state index is -1.07. The van der Waals surface area contributed by atoms with Crippen LogP contribution in [0.3, 0.4) is 0 Å². The van der Waals surface area contributed by atoms with E-state index in [0.717, 1.165) is 17.7 Å². The number of halogens is 2. The van der Waals surface area contributed by atoms with E-state index in [4.69, 9.17) is 4.74 Å². The third kappa shape index (κ3) is 4.39. The average molecular weight is 453 g/mol. The van der Waals surface area contributed by atoms with E-state index >= 15 is 0 Å². The number of ketones is 1. The van der Waals surface area contributed by atoms with E-state index in [1.54, 1.807) is 25.3 Å². The fourth-order valence-electron chi connectivity index (χ4n) is 3.93. The van der Waals surface area contributed by atoms with Gasteiger partial charge in [0, 0.05) is 48.3 Å². The van der Waals surface area contributed by atoms with Gasteiger partial charge in [-0.2, -0.15) is 0 Å². The number of amides is 2. The van der Waals surface area contributed by atoms with Crippen molar-refractivity contribution in [3.63, 3.8) is 0 Å². The van der Waals surface area contributed by atoms with Crippen molar-refractivity contribution in [1.29, 1.82) is 0 Å². The van der Waals surface area contributed by atoms with Gasteiger partial charge in [0.05, 0.1) is 7.11 Å². The van der Waals surface area contributed by atoms with Crippen molar-refractivity contribution < 1.29 is 27.9 Å². The number of allylic oxidation sites excluding steroid dienone is 2. The predicted molar refractivity (Wildman–Crippen MR) is 113 cm³/mol. The van der Waals surface area contributed by atoms with Crippen LogP contribution in [-0.2, 0) is 27.3 Å². The molecule has 0 bridgehead atoms. The maximum Gasteiger partial charge on any atom is 0.249 e. The molecular weight excluding hydrogens is 432 g/mol. The monoisotopic (exact) mass is 453 g/mol. The summed E-state index contributed by atoms with van der Waals surface area (Å²) < 4.78 is 31.9. The highest BCUT2D eigenvalue weighted by molar-refractivity contribution is 6.14. The van der Waals surface area contributed by atoms with E-state index < -0.39 is 23.5 Å². The second-order valence-corrected chi connectivity index (χ2v) is 7.87. The number of ether oxygens (including phenoxy) is 1. The molecule has 33 heavy (non-hydrogen) atoms. The fourth-order valence-corrected chi connectivity index (χ4v) is 3.93. The van der Waals surface area contributed by atoms with E-state index in [9.17, 15) is 23.2 Å². The van der Waals surface area contributed by atoms with Gasteiger partial charge < -0.3 is 10.1 Å². The molecule has 0 saturated carbocycles. The number of pyridine rings is 1. The number of nitrogens with one attached hydrogen (secondary N) is 1. The summed E-state index contributed by atoms with van der Waals surface area (Å²) in [4.78, 5) is 44.0. The quantitative estimate of drug-likeness (QED) is 0.680. The first-order valence-electron chi connectivity index (χ1n) is 10.3. The van der Waals surface area contributed by atoms with Crippen molar-refractivity contribution in [2.24, 2.45) is 5.92 Å². The molecular formula is C24H21F2N3O4. The Morgan fingerprint density at radius 1 is 1.18 bits per heavy atom. The van der Waals surface area contributed by atoms with E-state index in [1.165, 1.54) is 24.3 Å². The molecule has 1 aromatic carbocycles. The number of benzene rings is 1. The van der Waals surface area contributed by atoms with Crippen LogP contribution in [0.2, 0.25) is 0 Å². The molecule has 2 aromatic rings. The highest BCUT2D eigenvalue weighted by Gasteiger charge is 2.42. The Bertz CT molecular complexity index is 1220. The topological polar surface area (TPSA) is 88.6 Å². The Labute approximate surface area is 188 Å². The zero-order valence-electron chi connectivity index (χ0n) is 18.0. The molecule has 7 nitrogen and oxygen atoms in total. The molecule has 2 aliphatic rings. The number of Topliss-reactive ketones (excluding diaryl/α,β-unsaturated/α-hetero) is 1. The van der Waals surface area contributed by atoms with Crippen molar-refractivity contribution in [3.8, 4) is 5.88 Å². The van der Waals surface area contributed by atoms with E-state index in [1.807, 2.05) is 0 Å². The van der Waals surface area contributed by atoms with Crippen LogP contribution in [0.1, 0.15) is 24.5 Å². The van der Waals surface area contributed by atoms with Crippen LogP contribution in [0.5, 0.6) is 5.88 Å². The smallest absolute Gasteiger partial charge is 0.249 e. The van der Waals surface area contributed by atoms with Crippen LogP contribution in [0.15, 0.2) is 59.6 Å². The lowest BCUT2D eigenvalue weighted by Crippen LogP contribution is -2.41. The van der Waals surface area contributed by atoms with Gasteiger partial charge in [0.25, 0.3) is 0 Å². The fraction of sp³-hybridized carbons (Fsp3) is 0.250. The summed E-state index contributed by atoms with van der Waals surface area (Å²) in [5, 5.41) is 2.79. The van der Waals surface area contributed by atoms with Crippen molar-refractivity contribution >= 4 is 17.6 Å². The van der Waals surface area contributed by atoms with Gasteiger partial charge in [0.1, 0.15) is 5.92 Å². The minimum Gasteiger partial charge on any atom is -0.481 e. The van der Waals surface area contributed by atoms with E-state index in [0.29, 0.717) is 28.3 Å². The van der Waals surface area contributed by atoms with Crippen molar-refractivity contribution in [3.05, 3.63) is 82.3 Å². The number of carbonyl (C=O) groups excluding carboxylic acids is 3. The van der Waals surface area contributed by atoms with Gasteiger partial charge in [-0.1, -0.05) is 6.07 Å². The highest BCUT2D eigenvalue weighted by atomic mass is 19.2. The Morgan fingerprint density at radius 2 is 1.97 bits per heavy atom. The second-order valence-electron chi connectivity index (χ2n) is 7.87. The standard InChI is InChI=1S/C24H21F2N3O4/c1-13-20-10-16(23(31)28-11-15-5-6-27-21(9-15)33-2)12-29(20)24(32)17(22(13)30)7-14-3-4-18(25)19(26)8-14/h3-6,8-9,12,17H,7,10-11H2,1-2H3,(H,28,31). The number of hydrogen-bond acceptors (Lipinski definition) is 5. The molecule has 4 rings (SSSR count). The summed E-state index contributed by atoms with van der Waals surface area (Å²) in [6.45, 7) is 1.84. The van der Waals surface area contributed by atoms with Gasteiger partial charge in [-0.25, -0.2) is 13.8 Å². The SMILES string of the molecule is COc1cc(CNC(=O)C2=CN3C(=O)C(Cc4ccc(F)c(F)c4)C(=O)C(C)=C3C2)ccn1. The second kappa shape index (κ2) is 8.93. The maximum atomic E-state index is 13.6. The van der Waals surface area contributed by atoms with Crippen LogP contribution in [0.4, 0.5) is 8.78 Å². The Kier molecular flexibility index (Phi) is 6.04. The molecule has 3 heterocycles. The first kappa shape index (κ1) is 22.3. The molecule has 1 N–H and O–H groups in total. The largest absolute Gasteiger partial charge is 0.481 e. The number of rotatable bonds is 6. The summed E-state index contributed by atoms with van der Waals surface area (Å²) in [5.41, 5.74) is 2.31. The minimum absolute atomic E-state index is 0.0603. The number of hydrogen-bond donors (Lipinski definition) is 1. The van der Waals surface area contributed by atoms with Crippen molar-refractivity contribution in [2.45, 2.75) is 26.3 Å². The van der Waals surface area contributed by atoms with Crippen LogP contribution in [0.25, 0.3) is 0 Å². The first-order valence-corrected chi connectivity index (χ1v) is 10.3. The average Bonchev–Trinajstić information content (AvgIpc) is 3.27. The Balaban J connectivity index is 1.49. The zero-order valence-corrected chi connectivity index (χ0v) is 18.0. The molecule has 1 unspecified atom stereocenters. The Hall–Kier alpha value is -3.88. The van der Waals surface area contributed by atoms with E-state index in [2.05, 4.69) is 10.3 Å². The Morgan fingerprint density at radius 3 is 2.70 bits per heavy atom. The molecule has 0 fully saturated rings. The maximum absolute atomic E-state index is 13.6. The lowest BCUT2D eigenvalue weighted by Gasteiger charge is -2.29.